The molecule has 0 unspecified atom stereocenters. The summed E-state index contributed by atoms with van der Waals surface area (Å²) in [4.78, 5) is 22.3. The first-order valence-electron chi connectivity index (χ1n) is 4.97. The van der Waals surface area contributed by atoms with E-state index >= 15 is 0 Å². The first kappa shape index (κ1) is 11.8. The fourth-order valence-corrected chi connectivity index (χ4v) is 1.43. The number of hydrogen-bond acceptors (Lipinski definition) is 5. The lowest BCUT2D eigenvalue weighted by atomic mass is 10.2. The Labute approximate surface area is 102 Å². The summed E-state index contributed by atoms with van der Waals surface area (Å²) in [6.07, 6.45) is 1.31. The van der Waals surface area contributed by atoms with Gasteiger partial charge >= 0.3 is 11.9 Å². The van der Waals surface area contributed by atoms with Crippen molar-refractivity contribution in [3.63, 3.8) is 0 Å². The van der Waals surface area contributed by atoms with Crippen molar-refractivity contribution in [3.8, 4) is 5.69 Å². The quantitative estimate of drug-likeness (QED) is 0.804. The lowest BCUT2D eigenvalue weighted by Crippen LogP contribution is -2.05. The number of hydrogen-bond donors (Lipinski definition) is 1. The molecule has 7 heteroatoms. The molecule has 2 rings (SSSR count). The second-order valence-corrected chi connectivity index (χ2v) is 3.36. The zero-order chi connectivity index (χ0) is 13.1. The minimum atomic E-state index is -1.08. The van der Waals surface area contributed by atoms with Gasteiger partial charge in [-0.3, -0.25) is 0 Å². The summed E-state index contributed by atoms with van der Waals surface area (Å²) in [6, 6.07) is 6.28. The summed E-state index contributed by atoms with van der Waals surface area (Å²) >= 11 is 0. The Morgan fingerprint density at radius 1 is 1.33 bits per heavy atom. The highest BCUT2D eigenvalue weighted by Crippen LogP contribution is 2.13. The standard InChI is InChI=1S/C11H9N3O4/c1-18-11(17)8-6-14(13-12-8)9-5-3-2-4-7(9)10(15)16/h2-6H,1H3,(H,15,16). The predicted octanol–water partition coefficient (Wildman–Crippen LogP) is 0.752. The van der Waals surface area contributed by atoms with Gasteiger partial charge in [-0.15, -0.1) is 5.10 Å². The van der Waals surface area contributed by atoms with E-state index in [1.807, 2.05) is 0 Å². The Kier molecular flexibility index (Phi) is 3.05. The van der Waals surface area contributed by atoms with E-state index in [1.54, 1.807) is 18.2 Å². The third kappa shape index (κ3) is 2.05. The Bertz CT molecular complexity index is 606. The zero-order valence-corrected chi connectivity index (χ0v) is 9.40. The number of esters is 1. The summed E-state index contributed by atoms with van der Waals surface area (Å²) in [7, 11) is 1.23. The maximum Gasteiger partial charge on any atom is 0.360 e. The number of nitrogens with zero attached hydrogens (tertiary/aromatic N) is 3. The number of aromatic nitrogens is 3. The van der Waals surface area contributed by atoms with Gasteiger partial charge in [0, 0.05) is 0 Å². The maximum absolute atomic E-state index is 11.2. The molecule has 1 heterocycles. The predicted molar refractivity (Wildman–Crippen MR) is 59.7 cm³/mol. The Hall–Kier alpha value is -2.70. The van der Waals surface area contributed by atoms with E-state index in [2.05, 4.69) is 15.0 Å². The van der Waals surface area contributed by atoms with Gasteiger partial charge < -0.3 is 9.84 Å². The van der Waals surface area contributed by atoms with E-state index in [1.165, 1.54) is 24.1 Å². The Morgan fingerprint density at radius 3 is 2.72 bits per heavy atom. The summed E-state index contributed by atoms with van der Waals surface area (Å²) in [5, 5.41) is 16.3. The minimum Gasteiger partial charge on any atom is -0.478 e. The summed E-state index contributed by atoms with van der Waals surface area (Å²) < 4.78 is 5.71. The zero-order valence-electron chi connectivity index (χ0n) is 9.40. The lowest BCUT2D eigenvalue weighted by Gasteiger charge is -2.03. The lowest BCUT2D eigenvalue weighted by molar-refractivity contribution is 0.0593. The first-order valence-corrected chi connectivity index (χ1v) is 4.97. The smallest absolute Gasteiger partial charge is 0.360 e. The molecule has 0 atom stereocenters. The SMILES string of the molecule is COC(=O)c1cn(-c2ccccc2C(=O)O)nn1. The van der Waals surface area contributed by atoms with Crippen molar-refractivity contribution < 1.29 is 19.4 Å². The third-order valence-corrected chi connectivity index (χ3v) is 2.27. The fraction of sp³-hybridized carbons (Fsp3) is 0.0909. The Balaban J connectivity index is 2.46. The largest absolute Gasteiger partial charge is 0.478 e. The molecule has 1 N–H and O–H groups in total. The highest BCUT2D eigenvalue weighted by Gasteiger charge is 2.15. The van der Waals surface area contributed by atoms with E-state index in [9.17, 15) is 9.59 Å². The van der Waals surface area contributed by atoms with Gasteiger partial charge in [0.25, 0.3) is 0 Å². The maximum atomic E-state index is 11.2. The second kappa shape index (κ2) is 4.66. The molecule has 0 aliphatic carbocycles. The fourth-order valence-electron chi connectivity index (χ4n) is 1.43. The number of rotatable bonds is 3. The number of para-hydroxylation sites is 1. The van der Waals surface area contributed by atoms with Gasteiger partial charge in [-0.25, -0.2) is 14.3 Å². The number of carboxylic acid groups (broad SMARTS) is 1. The summed E-state index contributed by atoms with van der Waals surface area (Å²) in [6.45, 7) is 0. The van der Waals surface area contributed by atoms with Crippen LogP contribution in [0.1, 0.15) is 20.8 Å². The van der Waals surface area contributed by atoms with Gasteiger partial charge in [0.15, 0.2) is 5.69 Å². The van der Waals surface area contributed by atoms with Crippen molar-refractivity contribution >= 4 is 11.9 Å². The van der Waals surface area contributed by atoms with Crippen LogP contribution in [0.25, 0.3) is 5.69 Å². The van der Waals surface area contributed by atoms with Crippen molar-refractivity contribution in [2.45, 2.75) is 0 Å². The van der Waals surface area contributed by atoms with Gasteiger partial charge in [-0.1, -0.05) is 17.3 Å². The van der Waals surface area contributed by atoms with E-state index in [4.69, 9.17) is 5.11 Å². The highest BCUT2D eigenvalue weighted by atomic mass is 16.5. The molecule has 1 aromatic carbocycles. The molecule has 1 aromatic heterocycles. The molecule has 0 bridgehead atoms. The van der Waals surface area contributed by atoms with Crippen LogP contribution in [0.15, 0.2) is 30.5 Å². The molecule has 0 aliphatic heterocycles. The van der Waals surface area contributed by atoms with Gasteiger partial charge in [0.1, 0.15) is 0 Å². The summed E-state index contributed by atoms with van der Waals surface area (Å²) in [5.74, 6) is -1.71. The molecule has 0 fully saturated rings. The molecule has 0 spiro atoms. The molecule has 92 valence electrons. The molecule has 0 aliphatic rings. The van der Waals surface area contributed by atoms with Crippen LogP contribution in [0, 0.1) is 0 Å². The van der Waals surface area contributed by atoms with Crippen LogP contribution in [0.5, 0.6) is 0 Å². The van der Waals surface area contributed by atoms with Crippen LogP contribution in [0.2, 0.25) is 0 Å². The highest BCUT2D eigenvalue weighted by molar-refractivity contribution is 5.92. The minimum absolute atomic E-state index is 0.0118. The Morgan fingerprint density at radius 2 is 2.06 bits per heavy atom. The van der Waals surface area contributed by atoms with Crippen molar-refractivity contribution in [3.05, 3.63) is 41.7 Å². The first-order chi connectivity index (χ1) is 8.63. The van der Waals surface area contributed by atoms with Crippen molar-refractivity contribution in [1.82, 2.24) is 15.0 Å². The molecule has 0 radical (unpaired) electrons. The van der Waals surface area contributed by atoms with Crippen LogP contribution < -0.4 is 0 Å². The third-order valence-electron chi connectivity index (χ3n) is 2.27. The molecular weight excluding hydrogens is 238 g/mol. The molecule has 0 saturated heterocycles. The van der Waals surface area contributed by atoms with Crippen LogP contribution in [-0.4, -0.2) is 39.1 Å². The number of carbonyl (C=O) groups excluding carboxylic acids is 1. The van der Waals surface area contributed by atoms with Crippen molar-refractivity contribution in [2.24, 2.45) is 0 Å². The van der Waals surface area contributed by atoms with Gasteiger partial charge in [0.2, 0.25) is 0 Å². The van der Waals surface area contributed by atoms with Crippen LogP contribution >= 0.6 is 0 Å². The molecule has 0 amide bonds. The van der Waals surface area contributed by atoms with Gasteiger partial charge in [0.05, 0.1) is 24.6 Å². The number of carboxylic acids is 1. The molecule has 2 aromatic rings. The average Bonchev–Trinajstić information content (AvgIpc) is 2.87. The monoisotopic (exact) mass is 247 g/mol. The van der Waals surface area contributed by atoms with Gasteiger partial charge in [-0.2, -0.15) is 0 Å². The number of aromatic carboxylic acids is 1. The van der Waals surface area contributed by atoms with Crippen molar-refractivity contribution in [1.29, 1.82) is 0 Å². The van der Waals surface area contributed by atoms with E-state index < -0.39 is 11.9 Å². The molecule has 7 nitrogen and oxygen atoms in total. The van der Waals surface area contributed by atoms with Crippen LogP contribution in [-0.2, 0) is 4.74 Å². The molecular formula is C11H9N3O4. The van der Waals surface area contributed by atoms with Crippen LogP contribution in [0.4, 0.5) is 0 Å². The molecule has 0 saturated carbocycles. The van der Waals surface area contributed by atoms with Crippen LogP contribution in [0.3, 0.4) is 0 Å². The number of ether oxygens (including phenoxy) is 1. The second-order valence-electron chi connectivity index (χ2n) is 3.36. The molecule has 18 heavy (non-hydrogen) atoms. The summed E-state index contributed by atoms with van der Waals surface area (Å²) in [5.41, 5.74) is 0.407. The van der Waals surface area contributed by atoms with E-state index in [0.29, 0.717) is 5.69 Å². The van der Waals surface area contributed by atoms with E-state index in [-0.39, 0.29) is 11.3 Å². The topological polar surface area (TPSA) is 94.3 Å². The number of methoxy groups -OCH3 is 1. The average molecular weight is 247 g/mol. The normalized spacial score (nSPS) is 10.1. The van der Waals surface area contributed by atoms with Gasteiger partial charge in [-0.05, 0) is 12.1 Å². The van der Waals surface area contributed by atoms with Crippen molar-refractivity contribution in [2.75, 3.05) is 7.11 Å². The number of benzene rings is 1. The number of carbonyl (C=O) groups is 2. The van der Waals surface area contributed by atoms with E-state index in [0.717, 1.165) is 0 Å².